The van der Waals surface area contributed by atoms with E-state index < -0.39 is 0 Å². The Bertz CT molecular complexity index is 480. The van der Waals surface area contributed by atoms with Gasteiger partial charge in [0, 0.05) is 13.1 Å². The van der Waals surface area contributed by atoms with Gasteiger partial charge in [0.1, 0.15) is 12.4 Å². The predicted molar refractivity (Wildman–Crippen MR) is 74.6 cm³/mol. The number of ether oxygens (including phenoxy) is 2. The molecule has 5 heteroatoms. The number of hydrogen-bond acceptors (Lipinski definition) is 4. The minimum atomic E-state index is -0.171. The summed E-state index contributed by atoms with van der Waals surface area (Å²) in [5, 5.41) is 3.34. The zero-order chi connectivity index (χ0) is 14.0. The topological polar surface area (TPSA) is 50.8 Å². The summed E-state index contributed by atoms with van der Waals surface area (Å²) >= 11 is 0. The van der Waals surface area contributed by atoms with Crippen LogP contribution in [0.2, 0.25) is 0 Å². The fourth-order valence-corrected chi connectivity index (χ4v) is 3.00. The first-order chi connectivity index (χ1) is 9.73. The molecule has 108 valence electrons. The van der Waals surface area contributed by atoms with Crippen LogP contribution in [0, 0.1) is 0 Å². The molecule has 2 heterocycles. The molecule has 1 aromatic carbocycles. The first-order valence-corrected chi connectivity index (χ1v) is 6.95. The largest absolute Gasteiger partial charge is 0.497 e. The first-order valence-electron chi connectivity index (χ1n) is 6.95. The third kappa shape index (κ3) is 2.39. The molecular weight excluding hydrogens is 256 g/mol. The number of rotatable bonds is 3. The van der Waals surface area contributed by atoms with Crippen molar-refractivity contribution in [1.29, 1.82) is 0 Å². The van der Waals surface area contributed by atoms with Gasteiger partial charge >= 0.3 is 0 Å². The lowest BCUT2D eigenvalue weighted by Crippen LogP contribution is -2.60. The fourth-order valence-electron chi connectivity index (χ4n) is 3.00. The summed E-state index contributed by atoms with van der Waals surface area (Å²) in [7, 11) is 1.65. The smallest absolute Gasteiger partial charge is 0.249 e. The van der Waals surface area contributed by atoms with Gasteiger partial charge in [0.25, 0.3) is 0 Å². The van der Waals surface area contributed by atoms with E-state index in [-0.39, 0.29) is 18.1 Å². The van der Waals surface area contributed by atoms with Crippen molar-refractivity contribution in [1.82, 2.24) is 10.2 Å². The molecule has 0 aromatic heterocycles. The highest BCUT2D eigenvalue weighted by atomic mass is 16.5. The van der Waals surface area contributed by atoms with Crippen LogP contribution >= 0.6 is 0 Å². The Morgan fingerprint density at radius 3 is 2.85 bits per heavy atom. The lowest BCUT2D eigenvalue weighted by atomic mass is 9.94. The Kier molecular flexibility index (Phi) is 3.63. The van der Waals surface area contributed by atoms with Crippen LogP contribution in [0.25, 0.3) is 0 Å². The standard InChI is InChI=1S/C15H20N2O3/c1-19-13-4-2-12(3-5-13)8-17-14(18)9-20-11-15(17)6-7-16-10-15/h2-5,16H,6-11H2,1H3. The van der Waals surface area contributed by atoms with E-state index in [4.69, 9.17) is 9.47 Å². The summed E-state index contributed by atoms with van der Waals surface area (Å²) in [6, 6.07) is 7.88. The van der Waals surface area contributed by atoms with Crippen molar-refractivity contribution in [2.45, 2.75) is 18.5 Å². The minimum Gasteiger partial charge on any atom is -0.497 e. The second-order valence-corrected chi connectivity index (χ2v) is 5.47. The molecule has 2 aliphatic heterocycles. The molecule has 1 amide bonds. The van der Waals surface area contributed by atoms with Crippen molar-refractivity contribution in [3.8, 4) is 5.75 Å². The number of methoxy groups -OCH3 is 1. The van der Waals surface area contributed by atoms with E-state index >= 15 is 0 Å². The highest BCUT2D eigenvalue weighted by Gasteiger charge is 2.45. The van der Waals surface area contributed by atoms with Crippen LogP contribution in [-0.4, -0.2) is 49.8 Å². The predicted octanol–water partition coefficient (Wildman–Crippen LogP) is 0.786. The number of morpholine rings is 1. The Morgan fingerprint density at radius 1 is 1.40 bits per heavy atom. The van der Waals surface area contributed by atoms with Gasteiger partial charge in [-0.25, -0.2) is 0 Å². The number of hydrogen-bond donors (Lipinski definition) is 1. The van der Waals surface area contributed by atoms with E-state index in [9.17, 15) is 4.79 Å². The van der Waals surface area contributed by atoms with E-state index in [2.05, 4.69) is 5.32 Å². The molecule has 1 N–H and O–H groups in total. The quantitative estimate of drug-likeness (QED) is 0.886. The van der Waals surface area contributed by atoms with E-state index in [1.54, 1.807) is 7.11 Å². The second kappa shape index (κ2) is 5.42. The Hall–Kier alpha value is -1.59. The van der Waals surface area contributed by atoms with E-state index in [1.165, 1.54) is 0 Å². The Labute approximate surface area is 118 Å². The molecule has 1 unspecified atom stereocenters. The molecule has 0 bridgehead atoms. The SMILES string of the molecule is COc1ccc(CN2C(=O)COCC23CCNC3)cc1. The summed E-state index contributed by atoms with van der Waals surface area (Å²) in [5.74, 6) is 0.912. The van der Waals surface area contributed by atoms with Crippen molar-refractivity contribution < 1.29 is 14.3 Å². The van der Waals surface area contributed by atoms with Crippen LogP contribution in [0.5, 0.6) is 5.75 Å². The van der Waals surface area contributed by atoms with Gasteiger partial charge in [0.05, 0.1) is 19.3 Å². The molecule has 2 aliphatic rings. The monoisotopic (exact) mass is 276 g/mol. The maximum absolute atomic E-state index is 12.2. The Morgan fingerprint density at radius 2 is 2.20 bits per heavy atom. The zero-order valence-electron chi connectivity index (χ0n) is 11.7. The molecule has 1 aromatic rings. The van der Waals surface area contributed by atoms with Crippen molar-refractivity contribution in [3.63, 3.8) is 0 Å². The number of benzene rings is 1. The molecule has 0 radical (unpaired) electrons. The number of carbonyl (C=O) groups is 1. The van der Waals surface area contributed by atoms with Crippen molar-refractivity contribution in [3.05, 3.63) is 29.8 Å². The van der Waals surface area contributed by atoms with Crippen LogP contribution in [-0.2, 0) is 16.1 Å². The molecular formula is C15H20N2O3. The third-order valence-electron chi connectivity index (χ3n) is 4.19. The van der Waals surface area contributed by atoms with Crippen LogP contribution in [0.4, 0.5) is 0 Å². The highest BCUT2D eigenvalue weighted by Crippen LogP contribution is 2.29. The van der Waals surface area contributed by atoms with E-state index in [0.29, 0.717) is 13.2 Å². The highest BCUT2D eigenvalue weighted by molar-refractivity contribution is 5.79. The fraction of sp³-hybridized carbons (Fsp3) is 0.533. The normalized spacial score (nSPS) is 26.2. The second-order valence-electron chi connectivity index (χ2n) is 5.47. The molecule has 2 saturated heterocycles. The summed E-state index contributed by atoms with van der Waals surface area (Å²) < 4.78 is 10.6. The van der Waals surface area contributed by atoms with Gasteiger partial charge < -0.3 is 19.7 Å². The summed E-state index contributed by atoms with van der Waals surface area (Å²) in [6.45, 7) is 3.21. The van der Waals surface area contributed by atoms with Crippen LogP contribution in [0.15, 0.2) is 24.3 Å². The summed E-state index contributed by atoms with van der Waals surface area (Å²) in [4.78, 5) is 14.2. The molecule has 20 heavy (non-hydrogen) atoms. The molecule has 0 aliphatic carbocycles. The number of nitrogens with one attached hydrogen (secondary N) is 1. The zero-order valence-corrected chi connectivity index (χ0v) is 11.7. The number of carbonyl (C=O) groups excluding carboxylic acids is 1. The maximum atomic E-state index is 12.2. The molecule has 3 rings (SSSR count). The van der Waals surface area contributed by atoms with Crippen molar-refractivity contribution >= 4 is 5.91 Å². The Balaban J connectivity index is 1.80. The van der Waals surface area contributed by atoms with Crippen molar-refractivity contribution in [2.75, 3.05) is 33.4 Å². The van der Waals surface area contributed by atoms with Gasteiger partial charge in [-0.05, 0) is 30.7 Å². The van der Waals surface area contributed by atoms with E-state index in [1.807, 2.05) is 29.2 Å². The first kappa shape index (κ1) is 13.4. The van der Waals surface area contributed by atoms with Gasteiger partial charge in [-0.15, -0.1) is 0 Å². The molecule has 5 nitrogen and oxygen atoms in total. The lowest BCUT2D eigenvalue weighted by molar-refractivity contribution is -0.157. The average Bonchev–Trinajstić information content (AvgIpc) is 2.93. The van der Waals surface area contributed by atoms with Gasteiger partial charge in [-0.2, -0.15) is 0 Å². The van der Waals surface area contributed by atoms with Crippen LogP contribution in [0.3, 0.4) is 0 Å². The third-order valence-corrected chi connectivity index (χ3v) is 4.19. The van der Waals surface area contributed by atoms with Crippen LogP contribution in [0.1, 0.15) is 12.0 Å². The van der Waals surface area contributed by atoms with Gasteiger partial charge in [0.15, 0.2) is 0 Å². The molecule has 1 spiro atoms. The molecule has 0 saturated carbocycles. The van der Waals surface area contributed by atoms with Crippen LogP contribution < -0.4 is 10.1 Å². The summed E-state index contributed by atoms with van der Waals surface area (Å²) in [6.07, 6.45) is 0.953. The van der Waals surface area contributed by atoms with Gasteiger partial charge in [0.2, 0.25) is 5.91 Å². The molecule has 2 fully saturated rings. The summed E-state index contributed by atoms with van der Waals surface area (Å²) in [5.41, 5.74) is 0.947. The van der Waals surface area contributed by atoms with Crippen molar-refractivity contribution in [2.24, 2.45) is 0 Å². The maximum Gasteiger partial charge on any atom is 0.249 e. The van der Waals surface area contributed by atoms with Gasteiger partial charge in [-0.1, -0.05) is 12.1 Å². The number of amides is 1. The minimum absolute atomic E-state index is 0.0794. The van der Waals surface area contributed by atoms with Gasteiger partial charge in [-0.3, -0.25) is 4.79 Å². The number of nitrogens with zero attached hydrogens (tertiary/aromatic N) is 1. The lowest BCUT2D eigenvalue weighted by Gasteiger charge is -2.44. The van der Waals surface area contributed by atoms with E-state index in [0.717, 1.165) is 30.8 Å². The molecule has 1 atom stereocenters. The average molecular weight is 276 g/mol.